The van der Waals surface area contributed by atoms with Gasteiger partial charge in [0.25, 0.3) is 0 Å². The zero-order valence-corrected chi connectivity index (χ0v) is 5.97. The molecule has 2 heteroatoms. The van der Waals surface area contributed by atoms with Crippen LogP contribution in [0.3, 0.4) is 0 Å². The molecule has 1 rings (SSSR count). The Morgan fingerprint density at radius 3 is 1.71 bits per heavy atom. The van der Waals surface area contributed by atoms with Gasteiger partial charge in [0.2, 0.25) is 0 Å². The summed E-state index contributed by atoms with van der Waals surface area (Å²) in [5, 5.41) is 0. The second-order valence-corrected chi connectivity index (χ2v) is 1.32. The molecular formula is C5H13OP. The van der Waals surface area contributed by atoms with Gasteiger partial charge in [0.15, 0.2) is 0 Å². The molecule has 1 aliphatic heterocycles. The molecule has 1 nitrogen and oxygen atoms in total. The largest absolute Gasteiger partial charge is 0.381 e. The molecule has 1 atom stereocenters. The van der Waals surface area contributed by atoms with Gasteiger partial charge in [-0.2, -0.15) is 0 Å². The quantitative estimate of drug-likeness (QED) is 0.438. The van der Waals surface area contributed by atoms with E-state index >= 15 is 0 Å². The summed E-state index contributed by atoms with van der Waals surface area (Å²) in [5.74, 6) is 0. The van der Waals surface area contributed by atoms with Crippen molar-refractivity contribution < 1.29 is 4.74 Å². The van der Waals surface area contributed by atoms with Gasteiger partial charge < -0.3 is 4.74 Å². The lowest BCUT2D eigenvalue weighted by Gasteiger charge is -1.76. The van der Waals surface area contributed by atoms with E-state index in [-0.39, 0.29) is 0 Å². The molecule has 0 radical (unpaired) electrons. The van der Waals surface area contributed by atoms with E-state index in [1.165, 1.54) is 12.8 Å². The minimum atomic E-state index is 1.00. The van der Waals surface area contributed by atoms with Gasteiger partial charge in [0, 0.05) is 13.2 Å². The fourth-order valence-electron chi connectivity index (χ4n) is 0.510. The van der Waals surface area contributed by atoms with E-state index in [9.17, 15) is 0 Å². The Hall–Kier alpha value is 0.390. The van der Waals surface area contributed by atoms with Crippen LogP contribution in [-0.2, 0) is 4.74 Å². The van der Waals surface area contributed by atoms with Crippen LogP contribution in [0.4, 0.5) is 0 Å². The molecule has 0 bridgehead atoms. The SMILES string of the molecule is C1CCOC1.CP. The average Bonchev–Trinajstić information content (AvgIpc) is 2.23. The zero-order chi connectivity index (χ0) is 5.54. The molecule has 0 aromatic carbocycles. The van der Waals surface area contributed by atoms with E-state index in [0.717, 1.165) is 13.2 Å². The predicted molar refractivity (Wildman–Crippen MR) is 35.7 cm³/mol. The summed E-state index contributed by atoms with van der Waals surface area (Å²) in [6, 6.07) is 0. The molecule has 0 aromatic heterocycles. The van der Waals surface area contributed by atoms with Crippen LogP contribution in [-0.4, -0.2) is 19.9 Å². The van der Waals surface area contributed by atoms with E-state index < -0.39 is 0 Å². The molecule has 0 aromatic rings. The van der Waals surface area contributed by atoms with Crippen LogP contribution >= 0.6 is 9.24 Å². The number of ether oxygens (including phenoxy) is 1. The summed E-state index contributed by atoms with van der Waals surface area (Å²) in [7, 11) is 2.42. The van der Waals surface area contributed by atoms with Crippen LogP contribution in [0.1, 0.15) is 12.8 Å². The standard InChI is InChI=1S/C4H8O.CH5P/c1-2-4-5-3-1;1-2/h1-4H2;2H2,1H3. The van der Waals surface area contributed by atoms with Gasteiger partial charge >= 0.3 is 0 Å². The molecule has 0 saturated carbocycles. The molecule has 7 heavy (non-hydrogen) atoms. The molecule has 1 saturated heterocycles. The van der Waals surface area contributed by atoms with Gasteiger partial charge in [-0.3, -0.25) is 0 Å². The van der Waals surface area contributed by atoms with Crippen molar-refractivity contribution in [2.75, 3.05) is 19.9 Å². The van der Waals surface area contributed by atoms with Crippen LogP contribution in [0, 0.1) is 0 Å². The monoisotopic (exact) mass is 120 g/mol. The maximum absolute atomic E-state index is 4.94. The van der Waals surface area contributed by atoms with E-state index in [1.54, 1.807) is 0 Å². The van der Waals surface area contributed by atoms with Crippen LogP contribution in [0.5, 0.6) is 0 Å². The van der Waals surface area contributed by atoms with Crippen molar-refractivity contribution in [1.29, 1.82) is 0 Å². The molecule has 0 N–H and O–H groups in total. The molecule has 44 valence electrons. The van der Waals surface area contributed by atoms with Gasteiger partial charge in [0.05, 0.1) is 0 Å². The highest BCUT2D eigenvalue weighted by Crippen LogP contribution is 1.98. The Kier molecular flexibility index (Phi) is 6.75. The molecule has 1 aliphatic rings. The average molecular weight is 120 g/mol. The Morgan fingerprint density at radius 1 is 1.14 bits per heavy atom. The second kappa shape index (κ2) is 6.39. The summed E-state index contributed by atoms with van der Waals surface area (Å²) in [6.07, 6.45) is 2.56. The van der Waals surface area contributed by atoms with Gasteiger partial charge in [-0.05, 0) is 12.8 Å². The molecule has 0 amide bonds. The maximum atomic E-state index is 4.94. The summed E-state index contributed by atoms with van der Waals surface area (Å²) in [5.41, 5.74) is 0. The Bertz CT molecular complexity index is 19.7. The fraction of sp³-hybridized carbons (Fsp3) is 1.00. The minimum Gasteiger partial charge on any atom is -0.381 e. The van der Waals surface area contributed by atoms with Crippen LogP contribution in [0.25, 0.3) is 0 Å². The molecular weight excluding hydrogens is 107 g/mol. The van der Waals surface area contributed by atoms with Gasteiger partial charge in [-0.1, -0.05) is 6.66 Å². The second-order valence-electron chi connectivity index (χ2n) is 1.32. The van der Waals surface area contributed by atoms with Crippen molar-refractivity contribution in [3.05, 3.63) is 0 Å². The Balaban J connectivity index is 0.000000162. The first kappa shape index (κ1) is 7.39. The topological polar surface area (TPSA) is 9.23 Å². The van der Waals surface area contributed by atoms with E-state index in [0.29, 0.717) is 0 Å². The van der Waals surface area contributed by atoms with E-state index in [1.807, 2.05) is 6.66 Å². The van der Waals surface area contributed by atoms with Crippen LogP contribution < -0.4 is 0 Å². The first-order chi connectivity index (χ1) is 3.50. The van der Waals surface area contributed by atoms with E-state index in [4.69, 9.17) is 4.74 Å². The Labute approximate surface area is 47.6 Å². The summed E-state index contributed by atoms with van der Waals surface area (Å²) in [4.78, 5) is 0. The van der Waals surface area contributed by atoms with E-state index in [2.05, 4.69) is 9.24 Å². The van der Waals surface area contributed by atoms with Crippen molar-refractivity contribution in [3.8, 4) is 0 Å². The first-order valence-electron chi connectivity index (χ1n) is 2.65. The number of hydrogen-bond donors (Lipinski definition) is 0. The molecule has 1 fully saturated rings. The molecule has 0 aliphatic carbocycles. The van der Waals surface area contributed by atoms with Crippen molar-refractivity contribution in [1.82, 2.24) is 0 Å². The van der Waals surface area contributed by atoms with Gasteiger partial charge in [-0.25, -0.2) is 0 Å². The van der Waals surface area contributed by atoms with Crippen molar-refractivity contribution in [2.45, 2.75) is 12.8 Å². The smallest absolute Gasteiger partial charge is 0.0466 e. The lowest BCUT2D eigenvalue weighted by atomic mass is 10.4. The van der Waals surface area contributed by atoms with Gasteiger partial charge in [0.1, 0.15) is 0 Å². The fourth-order valence-corrected chi connectivity index (χ4v) is 0.510. The summed E-state index contributed by atoms with van der Waals surface area (Å²) in [6.45, 7) is 3.92. The highest BCUT2D eigenvalue weighted by atomic mass is 31.0. The number of rotatable bonds is 0. The van der Waals surface area contributed by atoms with Crippen molar-refractivity contribution in [3.63, 3.8) is 0 Å². The lowest BCUT2D eigenvalue weighted by Crippen LogP contribution is -1.74. The summed E-state index contributed by atoms with van der Waals surface area (Å²) < 4.78 is 4.94. The third kappa shape index (κ3) is 4.24. The molecule has 1 unspecified atom stereocenters. The first-order valence-corrected chi connectivity index (χ1v) is 3.81. The molecule has 1 heterocycles. The zero-order valence-electron chi connectivity index (χ0n) is 4.81. The number of hydrogen-bond acceptors (Lipinski definition) is 1. The van der Waals surface area contributed by atoms with Crippen LogP contribution in [0.15, 0.2) is 0 Å². The normalized spacial score (nSPS) is 18.0. The van der Waals surface area contributed by atoms with Crippen molar-refractivity contribution >= 4 is 9.24 Å². The lowest BCUT2D eigenvalue weighted by molar-refractivity contribution is 0.198. The van der Waals surface area contributed by atoms with Gasteiger partial charge in [-0.15, -0.1) is 9.24 Å². The highest BCUT2D eigenvalue weighted by molar-refractivity contribution is 7.15. The minimum absolute atomic E-state index is 1.00. The maximum Gasteiger partial charge on any atom is 0.0466 e. The predicted octanol–water partition coefficient (Wildman–Crippen LogP) is 1.29. The summed E-state index contributed by atoms with van der Waals surface area (Å²) >= 11 is 0. The Morgan fingerprint density at radius 2 is 1.57 bits per heavy atom. The highest BCUT2D eigenvalue weighted by Gasteiger charge is 1.94. The molecule has 0 spiro atoms. The third-order valence-electron chi connectivity index (χ3n) is 0.827. The van der Waals surface area contributed by atoms with Crippen molar-refractivity contribution in [2.24, 2.45) is 0 Å². The third-order valence-corrected chi connectivity index (χ3v) is 0.827. The van der Waals surface area contributed by atoms with Crippen LogP contribution in [0.2, 0.25) is 0 Å².